The van der Waals surface area contributed by atoms with E-state index >= 15 is 0 Å². The maximum absolute atomic E-state index is 12.4. The molecule has 0 saturated heterocycles. The van der Waals surface area contributed by atoms with E-state index in [1.165, 1.54) is 17.4 Å². The summed E-state index contributed by atoms with van der Waals surface area (Å²) in [5, 5.41) is 9.00. The standard InChI is InChI=1S/C14H15N3O3/c1-10-3-5-11(6-4-10)17(8-13(18)19)14(20)12-7-15-9-16(12)2/h3-7,9H,8H2,1-2H3,(H,18,19). The van der Waals surface area contributed by atoms with Crippen LogP contribution in [0.25, 0.3) is 0 Å². The van der Waals surface area contributed by atoms with Crippen LogP contribution in [0.15, 0.2) is 36.8 Å². The summed E-state index contributed by atoms with van der Waals surface area (Å²) < 4.78 is 1.56. The molecule has 0 bridgehead atoms. The summed E-state index contributed by atoms with van der Waals surface area (Å²) in [6.07, 6.45) is 2.92. The highest BCUT2D eigenvalue weighted by atomic mass is 16.4. The van der Waals surface area contributed by atoms with Gasteiger partial charge in [-0.15, -0.1) is 0 Å². The van der Waals surface area contributed by atoms with E-state index in [0.717, 1.165) is 5.56 Å². The Bertz CT molecular complexity index is 631. The quantitative estimate of drug-likeness (QED) is 0.915. The van der Waals surface area contributed by atoms with Crippen LogP contribution in [0, 0.1) is 6.92 Å². The molecule has 0 fully saturated rings. The second-order valence-corrected chi connectivity index (χ2v) is 4.51. The van der Waals surface area contributed by atoms with Gasteiger partial charge in [0.1, 0.15) is 12.2 Å². The van der Waals surface area contributed by atoms with Gasteiger partial charge in [0.05, 0.1) is 12.5 Å². The first-order valence-corrected chi connectivity index (χ1v) is 6.05. The van der Waals surface area contributed by atoms with Crippen molar-refractivity contribution in [1.29, 1.82) is 0 Å². The summed E-state index contributed by atoms with van der Waals surface area (Å²) in [4.78, 5) is 28.5. The molecule has 104 valence electrons. The highest BCUT2D eigenvalue weighted by Gasteiger charge is 2.22. The lowest BCUT2D eigenvalue weighted by Gasteiger charge is -2.21. The highest BCUT2D eigenvalue weighted by Crippen LogP contribution is 2.17. The zero-order valence-corrected chi connectivity index (χ0v) is 11.3. The molecule has 0 aliphatic carbocycles. The van der Waals surface area contributed by atoms with Gasteiger partial charge in [-0.2, -0.15) is 0 Å². The average Bonchev–Trinajstić information content (AvgIpc) is 2.82. The van der Waals surface area contributed by atoms with E-state index in [9.17, 15) is 9.59 Å². The summed E-state index contributed by atoms with van der Waals surface area (Å²) in [6.45, 7) is 1.53. The molecule has 1 N–H and O–H groups in total. The molecule has 6 nitrogen and oxygen atoms in total. The molecule has 0 aliphatic heterocycles. The average molecular weight is 273 g/mol. The zero-order valence-electron chi connectivity index (χ0n) is 11.3. The first-order valence-electron chi connectivity index (χ1n) is 6.05. The summed E-state index contributed by atoms with van der Waals surface area (Å²) in [5.74, 6) is -1.46. The number of imidazole rings is 1. The van der Waals surface area contributed by atoms with Gasteiger partial charge in [0.2, 0.25) is 0 Å². The van der Waals surface area contributed by atoms with Gasteiger partial charge in [-0.05, 0) is 19.1 Å². The number of hydrogen-bond acceptors (Lipinski definition) is 3. The summed E-state index contributed by atoms with van der Waals surface area (Å²) in [7, 11) is 1.69. The van der Waals surface area contributed by atoms with Crippen molar-refractivity contribution in [2.45, 2.75) is 6.92 Å². The molecule has 0 radical (unpaired) electrons. The number of aliphatic carboxylic acids is 1. The van der Waals surface area contributed by atoms with Gasteiger partial charge in [-0.25, -0.2) is 4.98 Å². The number of benzene rings is 1. The van der Waals surface area contributed by atoms with E-state index < -0.39 is 18.4 Å². The molecule has 1 heterocycles. The molecule has 20 heavy (non-hydrogen) atoms. The number of anilines is 1. The van der Waals surface area contributed by atoms with E-state index in [4.69, 9.17) is 5.11 Å². The number of hydrogen-bond donors (Lipinski definition) is 1. The predicted octanol–water partition coefficient (Wildman–Crippen LogP) is 1.46. The molecule has 6 heteroatoms. The molecule has 1 aromatic carbocycles. The van der Waals surface area contributed by atoms with E-state index in [1.807, 2.05) is 19.1 Å². The maximum atomic E-state index is 12.4. The van der Waals surface area contributed by atoms with Crippen molar-refractivity contribution in [3.05, 3.63) is 48.0 Å². The third-order valence-electron chi connectivity index (χ3n) is 2.92. The lowest BCUT2D eigenvalue weighted by Crippen LogP contribution is -2.36. The highest BCUT2D eigenvalue weighted by molar-refractivity contribution is 6.07. The third kappa shape index (κ3) is 2.85. The molecule has 2 aromatic rings. The minimum atomic E-state index is -1.07. The van der Waals surface area contributed by atoms with Gasteiger partial charge >= 0.3 is 5.97 Å². The predicted molar refractivity (Wildman–Crippen MR) is 73.7 cm³/mol. The molecule has 0 saturated carbocycles. The number of carbonyl (C=O) groups excluding carboxylic acids is 1. The minimum Gasteiger partial charge on any atom is -0.480 e. The number of rotatable bonds is 4. The SMILES string of the molecule is Cc1ccc(N(CC(=O)O)C(=O)c2cncn2C)cc1. The van der Waals surface area contributed by atoms with Crippen molar-refractivity contribution >= 4 is 17.6 Å². The van der Waals surface area contributed by atoms with Crippen LogP contribution in [0.1, 0.15) is 16.1 Å². The Morgan fingerprint density at radius 3 is 2.45 bits per heavy atom. The van der Waals surface area contributed by atoms with E-state index in [-0.39, 0.29) is 0 Å². The van der Waals surface area contributed by atoms with E-state index in [0.29, 0.717) is 11.4 Å². The lowest BCUT2D eigenvalue weighted by atomic mass is 10.2. The summed E-state index contributed by atoms with van der Waals surface area (Å²) >= 11 is 0. The van der Waals surface area contributed by atoms with Crippen LogP contribution < -0.4 is 4.90 Å². The normalized spacial score (nSPS) is 10.3. The van der Waals surface area contributed by atoms with Crippen molar-refractivity contribution < 1.29 is 14.7 Å². The van der Waals surface area contributed by atoms with Crippen LogP contribution in [0.2, 0.25) is 0 Å². The fourth-order valence-electron chi connectivity index (χ4n) is 1.84. The van der Waals surface area contributed by atoms with Crippen LogP contribution in [-0.2, 0) is 11.8 Å². The summed E-state index contributed by atoms with van der Waals surface area (Å²) in [5.41, 5.74) is 1.92. The number of aryl methyl sites for hydroxylation is 2. The zero-order chi connectivity index (χ0) is 14.7. The van der Waals surface area contributed by atoms with Crippen molar-refractivity contribution in [1.82, 2.24) is 9.55 Å². The van der Waals surface area contributed by atoms with Gasteiger partial charge in [0.15, 0.2) is 0 Å². The fraction of sp³-hybridized carbons (Fsp3) is 0.214. The Kier molecular flexibility index (Phi) is 3.84. The van der Waals surface area contributed by atoms with E-state index in [2.05, 4.69) is 4.98 Å². The first-order chi connectivity index (χ1) is 9.49. The molecule has 0 spiro atoms. The monoisotopic (exact) mass is 273 g/mol. The van der Waals surface area contributed by atoms with Crippen LogP contribution >= 0.6 is 0 Å². The number of amides is 1. The molecule has 1 aromatic heterocycles. The van der Waals surface area contributed by atoms with Crippen molar-refractivity contribution in [2.75, 3.05) is 11.4 Å². The second kappa shape index (κ2) is 5.56. The molecule has 2 rings (SSSR count). The van der Waals surface area contributed by atoms with Crippen molar-refractivity contribution in [3.8, 4) is 0 Å². The minimum absolute atomic E-state index is 0.340. The van der Waals surface area contributed by atoms with Crippen LogP contribution in [-0.4, -0.2) is 33.1 Å². The first kappa shape index (κ1) is 13.8. The molecular weight excluding hydrogens is 258 g/mol. The van der Waals surface area contributed by atoms with Gasteiger partial charge < -0.3 is 9.67 Å². The number of aromatic nitrogens is 2. The van der Waals surface area contributed by atoms with Gasteiger partial charge in [0, 0.05) is 12.7 Å². The Hall–Kier alpha value is -2.63. The van der Waals surface area contributed by atoms with Crippen molar-refractivity contribution in [2.24, 2.45) is 7.05 Å². The topological polar surface area (TPSA) is 75.4 Å². The van der Waals surface area contributed by atoms with Crippen molar-refractivity contribution in [3.63, 3.8) is 0 Å². The fourth-order valence-corrected chi connectivity index (χ4v) is 1.84. The van der Waals surface area contributed by atoms with Crippen LogP contribution in [0.4, 0.5) is 5.69 Å². The Labute approximate surface area is 116 Å². The second-order valence-electron chi connectivity index (χ2n) is 4.51. The number of carbonyl (C=O) groups is 2. The molecule has 1 amide bonds. The lowest BCUT2D eigenvalue weighted by molar-refractivity contribution is -0.135. The Morgan fingerprint density at radius 2 is 1.95 bits per heavy atom. The van der Waals surface area contributed by atoms with E-state index in [1.54, 1.807) is 23.7 Å². The molecule has 0 aliphatic rings. The molecular formula is C14H15N3O3. The van der Waals surface area contributed by atoms with Gasteiger partial charge in [-0.1, -0.05) is 17.7 Å². The molecule has 0 unspecified atom stereocenters. The smallest absolute Gasteiger partial charge is 0.323 e. The Morgan fingerprint density at radius 1 is 1.30 bits per heavy atom. The van der Waals surface area contributed by atoms with Crippen LogP contribution in [0.5, 0.6) is 0 Å². The largest absolute Gasteiger partial charge is 0.480 e. The van der Waals surface area contributed by atoms with Gasteiger partial charge in [0.25, 0.3) is 5.91 Å². The van der Waals surface area contributed by atoms with Crippen LogP contribution in [0.3, 0.4) is 0 Å². The third-order valence-corrected chi connectivity index (χ3v) is 2.92. The maximum Gasteiger partial charge on any atom is 0.323 e. The number of carboxylic acids is 1. The summed E-state index contributed by atoms with van der Waals surface area (Å²) in [6, 6.07) is 7.13. The van der Waals surface area contributed by atoms with Gasteiger partial charge in [-0.3, -0.25) is 14.5 Å². The molecule has 0 atom stereocenters. The Balaban J connectivity index is 2.37. The number of nitrogens with zero attached hydrogens (tertiary/aromatic N) is 3. The number of carboxylic acid groups (broad SMARTS) is 1.